The van der Waals surface area contributed by atoms with E-state index in [2.05, 4.69) is 5.43 Å². The minimum atomic E-state index is -4.70. The van der Waals surface area contributed by atoms with Gasteiger partial charge >= 0.3 is 6.18 Å². The lowest BCUT2D eigenvalue weighted by Gasteiger charge is -2.24. The number of nitrogens with one attached hydrogen (secondary N) is 1. The first-order chi connectivity index (χ1) is 8.82. The molecule has 1 aromatic carbocycles. The zero-order valence-corrected chi connectivity index (χ0v) is 10.9. The average molecular weight is 278 g/mol. The first-order valence-electron chi connectivity index (χ1n) is 6.14. The summed E-state index contributed by atoms with van der Waals surface area (Å²) in [6.07, 6.45) is -3.11. The van der Waals surface area contributed by atoms with E-state index >= 15 is 0 Å². The zero-order chi connectivity index (χ0) is 14.6. The number of benzene rings is 1. The quantitative estimate of drug-likeness (QED) is 0.488. The van der Waals surface area contributed by atoms with E-state index in [-0.39, 0.29) is 11.5 Å². The molecule has 0 bridgehead atoms. The van der Waals surface area contributed by atoms with Gasteiger partial charge in [0.2, 0.25) is 0 Å². The third-order valence-corrected chi connectivity index (χ3v) is 3.16. The van der Waals surface area contributed by atoms with Gasteiger partial charge in [0.1, 0.15) is 5.82 Å². The van der Waals surface area contributed by atoms with Crippen molar-refractivity contribution in [1.29, 1.82) is 0 Å². The summed E-state index contributed by atoms with van der Waals surface area (Å²) < 4.78 is 52.0. The Morgan fingerprint density at radius 3 is 2.42 bits per heavy atom. The van der Waals surface area contributed by atoms with Crippen LogP contribution in [0.15, 0.2) is 18.2 Å². The minimum absolute atomic E-state index is 0.0433. The van der Waals surface area contributed by atoms with Gasteiger partial charge < -0.3 is 0 Å². The molecule has 0 amide bonds. The van der Waals surface area contributed by atoms with Crippen molar-refractivity contribution < 1.29 is 17.6 Å². The van der Waals surface area contributed by atoms with Crippen molar-refractivity contribution in [2.75, 3.05) is 0 Å². The van der Waals surface area contributed by atoms with Crippen LogP contribution < -0.4 is 11.3 Å². The largest absolute Gasteiger partial charge is 0.419 e. The van der Waals surface area contributed by atoms with E-state index in [1.54, 1.807) is 0 Å². The molecule has 0 aliphatic carbocycles. The molecular weight excluding hydrogens is 260 g/mol. The second kappa shape index (κ2) is 6.34. The molecule has 0 fully saturated rings. The zero-order valence-electron chi connectivity index (χ0n) is 10.9. The number of hydrogen-bond donors (Lipinski definition) is 2. The summed E-state index contributed by atoms with van der Waals surface area (Å²) in [6, 6.07) is 2.63. The highest BCUT2D eigenvalue weighted by Crippen LogP contribution is 2.35. The third-order valence-electron chi connectivity index (χ3n) is 3.16. The molecule has 108 valence electrons. The highest BCUT2D eigenvalue weighted by atomic mass is 19.4. The summed E-state index contributed by atoms with van der Waals surface area (Å²) in [4.78, 5) is 0. The SMILES string of the molecule is CCCC(C)C(NN)c1cccc(C(F)(F)F)c1F. The van der Waals surface area contributed by atoms with E-state index in [4.69, 9.17) is 5.84 Å². The van der Waals surface area contributed by atoms with Gasteiger partial charge in [-0.25, -0.2) is 4.39 Å². The van der Waals surface area contributed by atoms with Crippen LogP contribution in [0.1, 0.15) is 43.9 Å². The average Bonchev–Trinajstić information content (AvgIpc) is 2.31. The van der Waals surface area contributed by atoms with E-state index in [1.807, 2.05) is 13.8 Å². The van der Waals surface area contributed by atoms with Gasteiger partial charge in [-0.1, -0.05) is 32.4 Å². The Balaban J connectivity index is 3.19. The lowest BCUT2D eigenvalue weighted by Crippen LogP contribution is -2.33. The van der Waals surface area contributed by atoms with Crippen LogP contribution in [0.2, 0.25) is 0 Å². The van der Waals surface area contributed by atoms with Crippen LogP contribution >= 0.6 is 0 Å². The second-order valence-corrected chi connectivity index (χ2v) is 4.62. The summed E-state index contributed by atoms with van der Waals surface area (Å²) in [6.45, 7) is 3.78. The monoisotopic (exact) mass is 278 g/mol. The second-order valence-electron chi connectivity index (χ2n) is 4.62. The number of halogens is 4. The van der Waals surface area contributed by atoms with Crippen LogP contribution in [0.25, 0.3) is 0 Å². The van der Waals surface area contributed by atoms with Crippen LogP contribution in [0.5, 0.6) is 0 Å². The van der Waals surface area contributed by atoms with E-state index < -0.39 is 23.6 Å². The third kappa shape index (κ3) is 3.67. The molecule has 2 atom stereocenters. The van der Waals surface area contributed by atoms with Crippen molar-refractivity contribution in [3.63, 3.8) is 0 Å². The predicted octanol–water partition coefficient (Wildman–Crippen LogP) is 3.79. The Morgan fingerprint density at radius 1 is 1.32 bits per heavy atom. The molecule has 6 heteroatoms. The summed E-state index contributed by atoms with van der Waals surface area (Å²) in [5.74, 6) is 4.05. The summed E-state index contributed by atoms with van der Waals surface area (Å²) in [5, 5.41) is 0. The van der Waals surface area contributed by atoms with E-state index in [9.17, 15) is 17.6 Å². The van der Waals surface area contributed by atoms with Crippen LogP contribution in [0.4, 0.5) is 17.6 Å². The normalized spacial score (nSPS) is 15.3. The summed E-state index contributed by atoms with van der Waals surface area (Å²) >= 11 is 0. The maximum atomic E-state index is 14.0. The Labute approximate surface area is 110 Å². The van der Waals surface area contributed by atoms with Crippen LogP contribution in [0.3, 0.4) is 0 Å². The van der Waals surface area contributed by atoms with Gasteiger partial charge in [0.25, 0.3) is 0 Å². The standard InChI is InChI=1S/C13H18F4N2/c1-3-5-8(2)12(19-18)9-6-4-7-10(11(9)14)13(15,16)17/h4,6-8,12,19H,3,5,18H2,1-2H3. The van der Waals surface area contributed by atoms with Crippen LogP contribution in [0, 0.1) is 11.7 Å². The number of rotatable bonds is 5. The maximum absolute atomic E-state index is 14.0. The molecule has 0 aliphatic heterocycles. The van der Waals surface area contributed by atoms with Crippen LogP contribution in [-0.2, 0) is 6.18 Å². The first kappa shape index (κ1) is 15.9. The van der Waals surface area contributed by atoms with Gasteiger partial charge in [0, 0.05) is 5.56 Å². The Hall–Kier alpha value is -1.14. The van der Waals surface area contributed by atoms with E-state index in [0.29, 0.717) is 0 Å². The number of nitrogens with two attached hydrogens (primary N) is 1. The lowest BCUT2D eigenvalue weighted by atomic mass is 9.90. The Bertz CT molecular complexity index is 418. The number of hydrazine groups is 1. The molecule has 0 aliphatic rings. The highest BCUT2D eigenvalue weighted by Gasteiger charge is 2.36. The van der Waals surface area contributed by atoms with Gasteiger partial charge in [0.15, 0.2) is 0 Å². The van der Waals surface area contributed by atoms with Crippen molar-refractivity contribution in [3.05, 3.63) is 35.1 Å². The molecule has 1 rings (SSSR count). The molecule has 0 radical (unpaired) electrons. The van der Waals surface area contributed by atoms with Crippen molar-refractivity contribution >= 4 is 0 Å². The highest BCUT2D eigenvalue weighted by molar-refractivity contribution is 5.30. The van der Waals surface area contributed by atoms with Crippen molar-refractivity contribution in [1.82, 2.24) is 5.43 Å². The summed E-state index contributed by atoms with van der Waals surface area (Å²) in [7, 11) is 0. The van der Waals surface area contributed by atoms with Gasteiger partial charge in [0.05, 0.1) is 11.6 Å². The Morgan fingerprint density at radius 2 is 1.95 bits per heavy atom. The fourth-order valence-corrected chi connectivity index (χ4v) is 2.19. The molecular formula is C13H18F4N2. The topological polar surface area (TPSA) is 38.0 Å². The molecule has 0 saturated heterocycles. The summed E-state index contributed by atoms with van der Waals surface area (Å²) in [5.41, 5.74) is 1.12. The minimum Gasteiger partial charge on any atom is -0.271 e. The van der Waals surface area contributed by atoms with Crippen molar-refractivity contribution in [2.24, 2.45) is 11.8 Å². The molecule has 2 unspecified atom stereocenters. The number of hydrogen-bond acceptors (Lipinski definition) is 2. The smallest absolute Gasteiger partial charge is 0.271 e. The fourth-order valence-electron chi connectivity index (χ4n) is 2.19. The van der Waals surface area contributed by atoms with E-state index in [1.165, 1.54) is 12.1 Å². The van der Waals surface area contributed by atoms with Gasteiger partial charge in [-0.2, -0.15) is 13.2 Å². The van der Waals surface area contributed by atoms with Crippen molar-refractivity contribution in [2.45, 2.75) is 38.9 Å². The fraction of sp³-hybridized carbons (Fsp3) is 0.538. The number of alkyl halides is 3. The molecule has 0 saturated carbocycles. The van der Waals surface area contributed by atoms with Gasteiger partial charge in [-0.05, 0) is 18.4 Å². The van der Waals surface area contributed by atoms with E-state index in [0.717, 1.165) is 18.9 Å². The molecule has 2 nitrogen and oxygen atoms in total. The Kier molecular flexibility index (Phi) is 5.31. The van der Waals surface area contributed by atoms with Gasteiger partial charge in [-0.15, -0.1) is 0 Å². The molecule has 19 heavy (non-hydrogen) atoms. The molecule has 0 spiro atoms. The molecule has 0 aromatic heterocycles. The van der Waals surface area contributed by atoms with Crippen LogP contribution in [-0.4, -0.2) is 0 Å². The lowest BCUT2D eigenvalue weighted by molar-refractivity contribution is -0.140. The van der Waals surface area contributed by atoms with Gasteiger partial charge in [-0.3, -0.25) is 11.3 Å². The molecule has 1 aromatic rings. The molecule has 0 heterocycles. The first-order valence-corrected chi connectivity index (χ1v) is 6.14. The predicted molar refractivity (Wildman–Crippen MR) is 65.5 cm³/mol. The molecule has 3 N–H and O–H groups in total. The maximum Gasteiger partial charge on any atom is 0.419 e. The van der Waals surface area contributed by atoms with Crippen molar-refractivity contribution in [3.8, 4) is 0 Å².